The first-order valence-electron chi connectivity index (χ1n) is 9.60. The molecule has 0 bridgehead atoms. The van der Waals surface area contributed by atoms with Crippen molar-refractivity contribution in [1.29, 1.82) is 0 Å². The number of alkyl halides is 3. The van der Waals surface area contributed by atoms with E-state index in [1.165, 1.54) is 15.3 Å². The van der Waals surface area contributed by atoms with Crippen molar-refractivity contribution in [3.63, 3.8) is 0 Å². The maximum absolute atomic E-state index is 12.9. The summed E-state index contributed by atoms with van der Waals surface area (Å²) in [5.41, 5.74) is 0.0666. The molecule has 0 amide bonds. The number of nitrogens with zero attached hydrogens (tertiary/aromatic N) is 4. The number of rotatable bonds is 3. The van der Waals surface area contributed by atoms with Crippen LogP contribution in [0, 0.1) is 5.92 Å². The Hall–Kier alpha value is -2.10. The van der Waals surface area contributed by atoms with E-state index < -0.39 is 12.1 Å². The molecule has 3 heterocycles. The van der Waals surface area contributed by atoms with Gasteiger partial charge < -0.3 is 9.47 Å². The Morgan fingerprint density at radius 3 is 2.46 bits per heavy atom. The minimum atomic E-state index is -4.16. The van der Waals surface area contributed by atoms with Gasteiger partial charge in [0.15, 0.2) is 5.52 Å². The fraction of sp³-hybridized carbons (Fsp3) is 0.722. The standard InChI is InChI=1S/C18H23F3N4O3/c1-24-16(26)14-10-22-15(11-6-8-27-9-7-11)25(14)23-17(24)28-13-4-2-12(3-5-13)18(19,20)21/h10-13H,2-9H2,1H3/t12-,13-. The molecular weight excluding hydrogens is 377 g/mol. The summed E-state index contributed by atoms with van der Waals surface area (Å²) < 4.78 is 52.6. The molecule has 2 aromatic rings. The van der Waals surface area contributed by atoms with Gasteiger partial charge in [-0.2, -0.15) is 13.2 Å². The highest BCUT2D eigenvalue weighted by molar-refractivity contribution is 5.43. The van der Waals surface area contributed by atoms with Crippen LogP contribution in [0.3, 0.4) is 0 Å². The van der Waals surface area contributed by atoms with Crippen molar-refractivity contribution in [3.8, 4) is 6.01 Å². The fourth-order valence-corrected chi connectivity index (χ4v) is 4.02. The fourth-order valence-electron chi connectivity index (χ4n) is 4.02. The minimum Gasteiger partial charge on any atom is -0.460 e. The van der Waals surface area contributed by atoms with Crippen molar-refractivity contribution in [3.05, 3.63) is 22.4 Å². The van der Waals surface area contributed by atoms with Gasteiger partial charge in [-0.1, -0.05) is 0 Å². The summed E-state index contributed by atoms with van der Waals surface area (Å²) in [5.74, 6) is -0.437. The highest BCUT2D eigenvalue weighted by Gasteiger charge is 2.42. The Morgan fingerprint density at radius 2 is 1.82 bits per heavy atom. The van der Waals surface area contributed by atoms with Crippen LogP contribution in [-0.4, -0.2) is 44.7 Å². The van der Waals surface area contributed by atoms with E-state index in [1.807, 2.05) is 0 Å². The van der Waals surface area contributed by atoms with Gasteiger partial charge in [-0.15, -0.1) is 5.10 Å². The second kappa shape index (κ2) is 7.38. The highest BCUT2D eigenvalue weighted by atomic mass is 19.4. The van der Waals surface area contributed by atoms with Gasteiger partial charge in [-0.25, -0.2) is 9.50 Å². The topological polar surface area (TPSA) is 70.7 Å². The molecule has 7 nitrogen and oxygen atoms in total. The summed E-state index contributed by atoms with van der Waals surface area (Å²) in [5, 5.41) is 4.46. The molecule has 4 rings (SSSR count). The molecule has 154 valence electrons. The number of ether oxygens (including phenoxy) is 2. The second-order valence-electron chi connectivity index (χ2n) is 7.58. The number of aromatic nitrogens is 4. The molecule has 2 fully saturated rings. The molecule has 0 spiro atoms. The van der Waals surface area contributed by atoms with Crippen molar-refractivity contribution >= 4 is 5.52 Å². The predicted molar refractivity (Wildman–Crippen MR) is 93.5 cm³/mol. The van der Waals surface area contributed by atoms with E-state index in [0.717, 1.165) is 12.8 Å². The lowest BCUT2D eigenvalue weighted by molar-refractivity contribution is -0.185. The predicted octanol–water partition coefficient (Wildman–Crippen LogP) is 2.82. The van der Waals surface area contributed by atoms with Gasteiger partial charge in [0.1, 0.15) is 11.9 Å². The lowest BCUT2D eigenvalue weighted by Gasteiger charge is -2.30. The summed E-state index contributed by atoms with van der Waals surface area (Å²) in [6.45, 7) is 1.27. The monoisotopic (exact) mass is 400 g/mol. The van der Waals surface area contributed by atoms with Crippen molar-refractivity contribution in [2.24, 2.45) is 13.0 Å². The zero-order chi connectivity index (χ0) is 19.9. The van der Waals surface area contributed by atoms with Crippen molar-refractivity contribution in [2.45, 2.75) is 56.7 Å². The molecule has 1 aliphatic carbocycles. The molecule has 1 saturated carbocycles. The van der Waals surface area contributed by atoms with E-state index >= 15 is 0 Å². The number of hydrogen-bond acceptors (Lipinski definition) is 5. The smallest absolute Gasteiger partial charge is 0.391 e. The Bertz CT molecular complexity index is 894. The SMILES string of the molecule is Cn1c(O[C@H]2CC[C@H](C(F)(F)F)CC2)nn2c(C3CCOCC3)ncc2c1=O. The molecule has 0 unspecified atom stereocenters. The molecule has 2 aliphatic rings. The zero-order valence-electron chi connectivity index (χ0n) is 15.6. The van der Waals surface area contributed by atoms with E-state index in [2.05, 4.69) is 10.1 Å². The minimum absolute atomic E-state index is 0.0305. The van der Waals surface area contributed by atoms with Gasteiger partial charge in [0.25, 0.3) is 5.56 Å². The van der Waals surface area contributed by atoms with E-state index in [1.54, 1.807) is 7.05 Å². The van der Waals surface area contributed by atoms with Crippen LogP contribution >= 0.6 is 0 Å². The molecule has 0 atom stereocenters. The average molecular weight is 400 g/mol. The lowest BCUT2D eigenvalue weighted by Crippen LogP contribution is -2.33. The number of fused-ring (bicyclic) bond motifs is 1. The van der Waals surface area contributed by atoms with Crippen LogP contribution in [0.4, 0.5) is 13.2 Å². The Morgan fingerprint density at radius 1 is 1.14 bits per heavy atom. The highest BCUT2D eigenvalue weighted by Crippen LogP contribution is 2.38. The van der Waals surface area contributed by atoms with Crippen molar-refractivity contribution in [2.75, 3.05) is 13.2 Å². The van der Waals surface area contributed by atoms with Gasteiger partial charge in [0, 0.05) is 26.2 Å². The summed E-state index contributed by atoms with van der Waals surface area (Å²) in [4.78, 5) is 17.1. The summed E-state index contributed by atoms with van der Waals surface area (Å²) in [7, 11) is 1.55. The van der Waals surface area contributed by atoms with Gasteiger partial charge in [-0.05, 0) is 38.5 Å². The Balaban J connectivity index is 1.57. The molecule has 2 aromatic heterocycles. The molecule has 1 aliphatic heterocycles. The van der Waals surface area contributed by atoms with Crippen LogP contribution in [0.15, 0.2) is 11.0 Å². The van der Waals surface area contributed by atoms with Gasteiger partial charge in [0.05, 0.1) is 12.1 Å². The maximum Gasteiger partial charge on any atom is 0.391 e. The summed E-state index contributed by atoms with van der Waals surface area (Å²) >= 11 is 0. The number of halogens is 3. The van der Waals surface area contributed by atoms with Crippen LogP contribution in [-0.2, 0) is 11.8 Å². The average Bonchev–Trinajstić information content (AvgIpc) is 3.10. The maximum atomic E-state index is 12.9. The first-order chi connectivity index (χ1) is 13.3. The number of imidazole rings is 1. The van der Waals surface area contributed by atoms with Crippen LogP contribution < -0.4 is 10.3 Å². The molecule has 0 radical (unpaired) electrons. The molecule has 1 saturated heterocycles. The van der Waals surface area contributed by atoms with E-state index in [9.17, 15) is 18.0 Å². The van der Waals surface area contributed by atoms with Crippen molar-refractivity contribution < 1.29 is 22.6 Å². The molecule has 10 heteroatoms. The van der Waals surface area contributed by atoms with Crippen LogP contribution in [0.1, 0.15) is 50.3 Å². The quantitative estimate of drug-likeness (QED) is 0.793. The first-order valence-corrected chi connectivity index (χ1v) is 9.60. The molecule has 0 aromatic carbocycles. The Kier molecular flexibility index (Phi) is 5.07. The van der Waals surface area contributed by atoms with Gasteiger partial charge in [0.2, 0.25) is 0 Å². The van der Waals surface area contributed by atoms with Gasteiger partial charge in [-0.3, -0.25) is 9.36 Å². The van der Waals surface area contributed by atoms with Crippen LogP contribution in [0.25, 0.3) is 5.52 Å². The normalized spacial score (nSPS) is 24.6. The first kappa shape index (κ1) is 19.2. The molecular formula is C18H23F3N4O3. The Labute approximate surface area is 159 Å². The van der Waals surface area contributed by atoms with Crippen LogP contribution in [0.5, 0.6) is 6.01 Å². The lowest BCUT2D eigenvalue weighted by atomic mass is 9.87. The zero-order valence-corrected chi connectivity index (χ0v) is 15.6. The second-order valence-corrected chi connectivity index (χ2v) is 7.58. The van der Waals surface area contributed by atoms with Gasteiger partial charge >= 0.3 is 12.2 Å². The molecule has 28 heavy (non-hydrogen) atoms. The van der Waals surface area contributed by atoms with Crippen molar-refractivity contribution in [1.82, 2.24) is 19.2 Å². The largest absolute Gasteiger partial charge is 0.460 e. The summed E-state index contributed by atoms with van der Waals surface area (Å²) in [6.07, 6.45) is -0.802. The third kappa shape index (κ3) is 3.61. The van der Waals surface area contributed by atoms with E-state index in [0.29, 0.717) is 24.6 Å². The summed E-state index contributed by atoms with van der Waals surface area (Å²) in [6, 6.07) is 0.110. The van der Waals surface area contributed by atoms with E-state index in [-0.39, 0.29) is 49.3 Å². The van der Waals surface area contributed by atoms with Crippen LogP contribution in [0.2, 0.25) is 0 Å². The number of hydrogen-bond donors (Lipinski definition) is 0. The third-order valence-electron chi connectivity index (χ3n) is 5.76. The van der Waals surface area contributed by atoms with E-state index in [4.69, 9.17) is 9.47 Å². The molecule has 0 N–H and O–H groups in total. The third-order valence-corrected chi connectivity index (χ3v) is 5.76.